The molecule has 0 aliphatic rings. The second-order valence-corrected chi connectivity index (χ2v) is 6.29. The van der Waals surface area contributed by atoms with Crippen LogP contribution in [0.15, 0.2) is 24.3 Å². The fraction of sp³-hybridized carbons (Fsp3) is 0.588. The molecule has 0 saturated heterocycles. The summed E-state index contributed by atoms with van der Waals surface area (Å²) in [5, 5.41) is 0. The number of rotatable bonds is 7. The first kappa shape index (κ1) is 17.5. The smallest absolute Gasteiger partial charge is 0.307 e. The lowest BCUT2D eigenvalue weighted by atomic mass is 10.0. The van der Waals surface area contributed by atoms with Gasteiger partial charge in [0.15, 0.2) is 0 Å². The molecule has 0 saturated carbocycles. The number of hydrogen-bond donors (Lipinski definition) is 1. The first-order valence-electron chi connectivity index (χ1n) is 7.40. The Morgan fingerprint density at radius 2 is 1.86 bits per heavy atom. The minimum atomic E-state index is -0.445. The number of carbonyl (C=O) groups is 1. The molecule has 1 aromatic carbocycles. The highest BCUT2D eigenvalue weighted by molar-refractivity contribution is 5.70. The van der Waals surface area contributed by atoms with Crippen LogP contribution in [-0.4, -0.2) is 24.7 Å². The van der Waals surface area contributed by atoms with Crippen molar-refractivity contribution in [2.24, 2.45) is 5.73 Å². The van der Waals surface area contributed by atoms with Gasteiger partial charge < -0.3 is 15.2 Å². The fourth-order valence-corrected chi connectivity index (χ4v) is 2.06. The zero-order chi connectivity index (χ0) is 15.9. The van der Waals surface area contributed by atoms with Crippen LogP contribution in [0.1, 0.15) is 45.6 Å². The summed E-state index contributed by atoms with van der Waals surface area (Å²) in [7, 11) is 1.66. The lowest BCUT2D eigenvalue weighted by Gasteiger charge is -2.20. The van der Waals surface area contributed by atoms with E-state index in [0.717, 1.165) is 25.0 Å². The summed E-state index contributed by atoms with van der Waals surface area (Å²) in [6.07, 6.45) is 2.99. The zero-order valence-corrected chi connectivity index (χ0v) is 13.5. The summed E-state index contributed by atoms with van der Waals surface area (Å²) in [6, 6.07) is 7.88. The Morgan fingerprint density at radius 1 is 1.24 bits per heavy atom. The van der Waals surface area contributed by atoms with Crippen LogP contribution in [0.3, 0.4) is 0 Å². The van der Waals surface area contributed by atoms with Gasteiger partial charge in [0.25, 0.3) is 0 Å². The van der Waals surface area contributed by atoms with Crippen molar-refractivity contribution in [3.05, 3.63) is 29.8 Å². The first-order chi connectivity index (χ1) is 9.80. The van der Waals surface area contributed by atoms with Crippen LogP contribution in [0.5, 0.6) is 5.75 Å². The summed E-state index contributed by atoms with van der Waals surface area (Å²) in [5.74, 6) is 0.639. The number of hydrogen-bond acceptors (Lipinski definition) is 4. The molecular formula is C17H27NO3. The Labute approximate surface area is 127 Å². The average molecular weight is 293 g/mol. The quantitative estimate of drug-likeness (QED) is 0.785. The number of methoxy groups -OCH3 is 1. The van der Waals surface area contributed by atoms with Crippen LogP contribution in [0.25, 0.3) is 0 Å². The van der Waals surface area contributed by atoms with Gasteiger partial charge in [-0.25, -0.2) is 0 Å². The van der Waals surface area contributed by atoms with Crippen molar-refractivity contribution in [3.8, 4) is 5.75 Å². The Hall–Kier alpha value is -1.55. The van der Waals surface area contributed by atoms with Gasteiger partial charge in [0.2, 0.25) is 0 Å². The van der Waals surface area contributed by atoms with Crippen molar-refractivity contribution in [1.29, 1.82) is 0 Å². The van der Waals surface area contributed by atoms with Gasteiger partial charge >= 0.3 is 5.97 Å². The largest absolute Gasteiger partial charge is 0.497 e. The molecule has 2 N–H and O–H groups in total. The maximum atomic E-state index is 11.7. The molecule has 1 rings (SSSR count). The van der Waals surface area contributed by atoms with Crippen molar-refractivity contribution in [1.82, 2.24) is 0 Å². The predicted octanol–water partition coefficient (Wildman–Crippen LogP) is 3.08. The van der Waals surface area contributed by atoms with Gasteiger partial charge in [0.1, 0.15) is 11.4 Å². The van der Waals surface area contributed by atoms with Gasteiger partial charge in [-0.2, -0.15) is 0 Å². The third-order valence-electron chi connectivity index (χ3n) is 3.05. The number of aryl methyl sites for hydroxylation is 1. The molecule has 0 radical (unpaired) electrons. The van der Waals surface area contributed by atoms with Gasteiger partial charge in [-0.15, -0.1) is 0 Å². The summed E-state index contributed by atoms with van der Waals surface area (Å²) in [4.78, 5) is 11.7. The SMILES string of the molecule is COc1ccc(CCC[C@H](N)CC(=O)OC(C)(C)C)cc1. The molecule has 0 aliphatic carbocycles. The lowest BCUT2D eigenvalue weighted by molar-refractivity contribution is -0.155. The van der Waals surface area contributed by atoms with Gasteiger partial charge in [0.05, 0.1) is 13.5 Å². The van der Waals surface area contributed by atoms with Crippen LogP contribution in [0.4, 0.5) is 0 Å². The number of nitrogens with two attached hydrogens (primary N) is 1. The fourth-order valence-electron chi connectivity index (χ4n) is 2.06. The van der Waals surface area contributed by atoms with Gasteiger partial charge in [-0.3, -0.25) is 4.79 Å². The number of esters is 1. The third-order valence-corrected chi connectivity index (χ3v) is 3.05. The summed E-state index contributed by atoms with van der Waals surface area (Å²) in [5.41, 5.74) is 6.79. The molecule has 0 spiro atoms. The molecule has 1 aromatic rings. The van der Waals surface area contributed by atoms with Crippen molar-refractivity contribution in [2.45, 2.75) is 58.1 Å². The number of ether oxygens (including phenoxy) is 2. The van der Waals surface area contributed by atoms with E-state index in [4.69, 9.17) is 15.2 Å². The molecule has 0 heterocycles. The summed E-state index contributed by atoms with van der Waals surface area (Å²) >= 11 is 0. The van der Waals surface area contributed by atoms with Crippen molar-refractivity contribution in [3.63, 3.8) is 0 Å². The first-order valence-corrected chi connectivity index (χ1v) is 7.40. The molecule has 0 amide bonds. The van der Waals surface area contributed by atoms with Crippen LogP contribution in [-0.2, 0) is 16.0 Å². The van der Waals surface area contributed by atoms with Crippen LogP contribution >= 0.6 is 0 Å². The molecule has 4 heteroatoms. The molecule has 4 nitrogen and oxygen atoms in total. The van der Waals surface area contributed by atoms with Crippen molar-refractivity contribution >= 4 is 5.97 Å². The van der Waals surface area contributed by atoms with E-state index in [0.29, 0.717) is 0 Å². The molecule has 0 aliphatic heterocycles. The predicted molar refractivity (Wildman–Crippen MR) is 84.4 cm³/mol. The van der Waals surface area contributed by atoms with Crippen LogP contribution < -0.4 is 10.5 Å². The Morgan fingerprint density at radius 3 is 2.38 bits per heavy atom. The Kier molecular flexibility index (Phi) is 6.69. The molecule has 1 atom stereocenters. The molecular weight excluding hydrogens is 266 g/mol. The molecule has 0 bridgehead atoms. The minimum absolute atomic E-state index is 0.141. The van der Waals surface area contributed by atoms with Crippen LogP contribution in [0.2, 0.25) is 0 Å². The summed E-state index contributed by atoms with van der Waals surface area (Å²) < 4.78 is 10.4. The molecule has 118 valence electrons. The lowest BCUT2D eigenvalue weighted by Crippen LogP contribution is -2.30. The van der Waals surface area contributed by atoms with Crippen molar-refractivity contribution in [2.75, 3.05) is 7.11 Å². The normalized spacial score (nSPS) is 12.8. The van der Waals surface area contributed by atoms with E-state index in [1.807, 2.05) is 32.9 Å². The highest BCUT2D eigenvalue weighted by atomic mass is 16.6. The van der Waals surface area contributed by atoms with Gasteiger partial charge in [0, 0.05) is 6.04 Å². The van der Waals surface area contributed by atoms with E-state index >= 15 is 0 Å². The third kappa shape index (κ3) is 7.71. The Bertz CT molecular complexity index is 434. The molecule has 0 aromatic heterocycles. The van der Waals surface area contributed by atoms with Gasteiger partial charge in [-0.05, 0) is 57.7 Å². The number of carbonyl (C=O) groups excluding carboxylic acids is 1. The monoisotopic (exact) mass is 293 g/mol. The molecule has 0 fully saturated rings. The molecule has 0 unspecified atom stereocenters. The maximum absolute atomic E-state index is 11.7. The maximum Gasteiger partial charge on any atom is 0.307 e. The summed E-state index contributed by atoms with van der Waals surface area (Å²) in [6.45, 7) is 5.58. The topological polar surface area (TPSA) is 61.5 Å². The zero-order valence-electron chi connectivity index (χ0n) is 13.5. The van der Waals surface area contributed by atoms with E-state index in [9.17, 15) is 4.79 Å². The Balaban J connectivity index is 2.26. The highest BCUT2D eigenvalue weighted by Crippen LogP contribution is 2.14. The standard InChI is InChI=1S/C17H27NO3/c1-17(2,3)21-16(19)12-14(18)7-5-6-13-8-10-15(20-4)11-9-13/h8-11,14H,5-7,12,18H2,1-4H3/t14-/m0/s1. The van der Waals surface area contributed by atoms with E-state index in [2.05, 4.69) is 12.1 Å². The second-order valence-electron chi connectivity index (χ2n) is 6.29. The molecule has 21 heavy (non-hydrogen) atoms. The minimum Gasteiger partial charge on any atom is -0.497 e. The van der Waals surface area contributed by atoms with E-state index in [1.165, 1.54) is 5.56 Å². The van der Waals surface area contributed by atoms with E-state index < -0.39 is 5.60 Å². The average Bonchev–Trinajstić information content (AvgIpc) is 2.37. The van der Waals surface area contributed by atoms with Crippen molar-refractivity contribution < 1.29 is 14.3 Å². The highest BCUT2D eigenvalue weighted by Gasteiger charge is 2.18. The van der Waals surface area contributed by atoms with Gasteiger partial charge in [-0.1, -0.05) is 12.1 Å². The second kappa shape index (κ2) is 8.03. The van der Waals surface area contributed by atoms with Crippen LogP contribution in [0, 0.1) is 0 Å². The van der Waals surface area contributed by atoms with E-state index in [-0.39, 0.29) is 18.4 Å². The number of benzene rings is 1. The van der Waals surface area contributed by atoms with E-state index in [1.54, 1.807) is 7.11 Å².